The van der Waals surface area contributed by atoms with Gasteiger partial charge in [0.15, 0.2) is 5.96 Å². The predicted octanol–water partition coefficient (Wildman–Crippen LogP) is 2.98. The number of guanidine groups is 1. The monoisotopic (exact) mass is 458 g/mol. The lowest BCUT2D eigenvalue weighted by Crippen LogP contribution is -2.52. The Morgan fingerprint density at radius 1 is 1.16 bits per heavy atom. The SMILES string of the molecule is CN=C(NCCc1ccco1)N1CCN(c2ccc(F)cc2)CC1.I. The highest BCUT2D eigenvalue weighted by Gasteiger charge is 2.19. The van der Waals surface area contributed by atoms with Crippen LogP contribution in [0.2, 0.25) is 0 Å². The molecule has 0 atom stereocenters. The molecule has 25 heavy (non-hydrogen) atoms. The number of rotatable bonds is 4. The van der Waals surface area contributed by atoms with Crippen LogP contribution < -0.4 is 10.2 Å². The molecule has 1 aliphatic heterocycles. The first kappa shape index (κ1) is 19.6. The molecule has 0 bridgehead atoms. The fourth-order valence-electron chi connectivity index (χ4n) is 2.91. The van der Waals surface area contributed by atoms with Crippen LogP contribution in [0, 0.1) is 5.82 Å². The van der Waals surface area contributed by atoms with Crippen molar-refractivity contribution in [3.63, 3.8) is 0 Å². The van der Waals surface area contributed by atoms with Crippen molar-refractivity contribution < 1.29 is 8.81 Å². The summed E-state index contributed by atoms with van der Waals surface area (Å²) in [6, 6.07) is 10.6. The Bertz CT molecular complexity index is 652. The summed E-state index contributed by atoms with van der Waals surface area (Å²) in [5.41, 5.74) is 1.07. The lowest BCUT2D eigenvalue weighted by atomic mass is 10.2. The van der Waals surface area contributed by atoms with Crippen LogP contribution in [0.1, 0.15) is 5.76 Å². The molecule has 0 amide bonds. The van der Waals surface area contributed by atoms with Gasteiger partial charge in [0.2, 0.25) is 0 Å². The minimum atomic E-state index is -0.196. The number of nitrogens with one attached hydrogen (secondary N) is 1. The summed E-state index contributed by atoms with van der Waals surface area (Å²) >= 11 is 0. The third-order valence-electron chi connectivity index (χ3n) is 4.22. The maximum atomic E-state index is 13.0. The van der Waals surface area contributed by atoms with Crippen molar-refractivity contribution in [1.29, 1.82) is 0 Å². The van der Waals surface area contributed by atoms with Gasteiger partial charge in [-0.25, -0.2) is 4.39 Å². The first-order valence-electron chi connectivity index (χ1n) is 8.25. The summed E-state index contributed by atoms with van der Waals surface area (Å²) in [5.74, 6) is 1.69. The highest BCUT2D eigenvalue weighted by molar-refractivity contribution is 14.0. The fraction of sp³-hybridized carbons (Fsp3) is 0.389. The maximum Gasteiger partial charge on any atom is 0.193 e. The molecule has 0 radical (unpaired) electrons. The molecule has 1 aromatic carbocycles. The van der Waals surface area contributed by atoms with Crippen LogP contribution in [-0.2, 0) is 6.42 Å². The first-order valence-corrected chi connectivity index (χ1v) is 8.25. The Morgan fingerprint density at radius 3 is 2.48 bits per heavy atom. The zero-order valence-corrected chi connectivity index (χ0v) is 16.7. The van der Waals surface area contributed by atoms with Gasteiger partial charge in [-0.05, 0) is 36.4 Å². The van der Waals surface area contributed by atoms with Gasteiger partial charge in [-0.1, -0.05) is 0 Å². The Kier molecular flexibility index (Phi) is 7.54. The van der Waals surface area contributed by atoms with E-state index in [0.29, 0.717) is 0 Å². The molecule has 0 aliphatic carbocycles. The highest BCUT2D eigenvalue weighted by atomic mass is 127. The van der Waals surface area contributed by atoms with Crippen molar-refractivity contribution in [2.45, 2.75) is 6.42 Å². The molecule has 2 aromatic rings. The molecule has 1 N–H and O–H groups in total. The third-order valence-corrected chi connectivity index (χ3v) is 4.22. The molecular weight excluding hydrogens is 434 g/mol. The first-order chi connectivity index (χ1) is 11.8. The van der Waals surface area contributed by atoms with Crippen LogP contribution in [0.3, 0.4) is 0 Å². The van der Waals surface area contributed by atoms with Crippen molar-refractivity contribution in [2.75, 3.05) is 44.7 Å². The number of halogens is 2. The molecule has 3 rings (SSSR count). The van der Waals surface area contributed by atoms with Gasteiger partial charge in [0.1, 0.15) is 11.6 Å². The largest absolute Gasteiger partial charge is 0.469 e. The van der Waals surface area contributed by atoms with E-state index >= 15 is 0 Å². The lowest BCUT2D eigenvalue weighted by Gasteiger charge is -2.37. The van der Waals surface area contributed by atoms with E-state index in [-0.39, 0.29) is 29.8 Å². The number of nitrogens with zero attached hydrogens (tertiary/aromatic N) is 3. The van der Waals surface area contributed by atoms with Crippen LogP contribution in [0.4, 0.5) is 10.1 Å². The zero-order chi connectivity index (χ0) is 16.8. The second kappa shape index (κ2) is 9.65. The van der Waals surface area contributed by atoms with Crippen molar-refractivity contribution >= 4 is 35.6 Å². The van der Waals surface area contributed by atoms with Gasteiger partial charge >= 0.3 is 0 Å². The van der Waals surface area contributed by atoms with Gasteiger partial charge in [-0.15, -0.1) is 24.0 Å². The van der Waals surface area contributed by atoms with E-state index in [1.54, 1.807) is 6.26 Å². The van der Waals surface area contributed by atoms with Gasteiger partial charge in [0.25, 0.3) is 0 Å². The normalized spacial score (nSPS) is 15.0. The molecule has 136 valence electrons. The standard InChI is InChI=1S/C18H23FN4O.HI/c1-20-18(21-9-8-17-3-2-14-24-17)23-12-10-22(11-13-23)16-6-4-15(19)5-7-16;/h2-7,14H,8-13H2,1H3,(H,20,21);1H. The van der Waals surface area contributed by atoms with E-state index in [1.807, 2.05) is 31.3 Å². The zero-order valence-electron chi connectivity index (χ0n) is 14.3. The van der Waals surface area contributed by atoms with Crippen LogP contribution in [0.15, 0.2) is 52.1 Å². The quantitative estimate of drug-likeness (QED) is 0.435. The molecule has 7 heteroatoms. The van der Waals surface area contributed by atoms with Crippen LogP contribution in [0.5, 0.6) is 0 Å². The average Bonchev–Trinajstić information content (AvgIpc) is 3.13. The molecule has 0 unspecified atom stereocenters. The smallest absolute Gasteiger partial charge is 0.193 e. The summed E-state index contributed by atoms with van der Waals surface area (Å²) in [5, 5.41) is 3.39. The number of aliphatic imine (C=N–C) groups is 1. The Labute approximate surface area is 164 Å². The molecule has 1 saturated heterocycles. The Hall–Kier alpha value is -1.77. The van der Waals surface area contributed by atoms with Crippen LogP contribution in [0.25, 0.3) is 0 Å². The molecule has 1 aliphatic rings. The molecule has 1 aromatic heterocycles. The van der Waals surface area contributed by atoms with E-state index in [1.165, 1.54) is 12.1 Å². The van der Waals surface area contributed by atoms with Gasteiger partial charge in [-0.3, -0.25) is 4.99 Å². The van der Waals surface area contributed by atoms with Crippen molar-refractivity contribution in [2.24, 2.45) is 4.99 Å². The fourth-order valence-corrected chi connectivity index (χ4v) is 2.91. The maximum absolute atomic E-state index is 13.0. The molecule has 1 fully saturated rings. The Morgan fingerprint density at radius 2 is 1.88 bits per heavy atom. The highest BCUT2D eigenvalue weighted by Crippen LogP contribution is 2.16. The lowest BCUT2D eigenvalue weighted by molar-refractivity contribution is 0.372. The van der Waals surface area contributed by atoms with Crippen LogP contribution in [-0.4, -0.2) is 50.6 Å². The van der Waals surface area contributed by atoms with Gasteiger partial charge in [0.05, 0.1) is 6.26 Å². The van der Waals surface area contributed by atoms with Crippen molar-refractivity contribution in [3.05, 3.63) is 54.2 Å². The van der Waals surface area contributed by atoms with E-state index < -0.39 is 0 Å². The van der Waals surface area contributed by atoms with Crippen molar-refractivity contribution in [1.82, 2.24) is 10.2 Å². The number of anilines is 1. The van der Waals surface area contributed by atoms with Crippen molar-refractivity contribution in [3.8, 4) is 0 Å². The summed E-state index contributed by atoms with van der Waals surface area (Å²) in [4.78, 5) is 8.89. The van der Waals surface area contributed by atoms with E-state index in [4.69, 9.17) is 4.42 Å². The third kappa shape index (κ3) is 5.35. The number of hydrogen-bond donors (Lipinski definition) is 1. The summed E-state index contributed by atoms with van der Waals surface area (Å²) in [6.45, 7) is 4.35. The topological polar surface area (TPSA) is 44.0 Å². The summed E-state index contributed by atoms with van der Waals surface area (Å²) in [6.07, 6.45) is 2.53. The van der Waals surface area contributed by atoms with Gasteiger partial charge < -0.3 is 19.5 Å². The van der Waals surface area contributed by atoms with E-state index in [2.05, 4.69) is 20.1 Å². The predicted molar refractivity (Wildman–Crippen MR) is 109 cm³/mol. The minimum Gasteiger partial charge on any atom is -0.469 e. The second-order valence-corrected chi connectivity index (χ2v) is 5.75. The number of piperazine rings is 1. The average molecular weight is 458 g/mol. The minimum absolute atomic E-state index is 0. The van der Waals surface area contributed by atoms with Crippen LogP contribution >= 0.6 is 24.0 Å². The molecule has 0 saturated carbocycles. The molecule has 2 heterocycles. The summed E-state index contributed by atoms with van der Waals surface area (Å²) < 4.78 is 18.4. The molecule has 5 nitrogen and oxygen atoms in total. The van der Waals surface area contributed by atoms with Gasteiger partial charge in [0, 0.05) is 51.9 Å². The number of hydrogen-bond acceptors (Lipinski definition) is 3. The summed E-state index contributed by atoms with van der Waals surface area (Å²) in [7, 11) is 1.81. The molecule has 0 spiro atoms. The van der Waals surface area contributed by atoms with Gasteiger partial charge in [-0.2, -0.15) is 0 Å². The number of furan rings is 1. The number of benzene rings is 1. The van der Waals surface area contributed by atoms with E-state index in [0.717, 1.165) is 56.6 Å². The molecular formula is C18H24FIN4O. The van der Waals surface area contributed by atoms with E-state index in [9.17, 15) is 4.39 Å². The second-order valence-electron chi connectivity index (χ2n) is 5.75. The Balaban J connectivity index is 0.00000225.